The summed E-state index contributed by atoms with van der Waals surface area (Å²) in [7, 11) is 0. The highest BCUT2D eigenvalue weighted by Gasteiger charge is 2.03. The highest BCUT2D eigenvalue weighted by atomic mass is 14.6. The van der Waals surface area contributed by atoms with Crippen molar-refractivity contribution in [2.24, 2.45) is 5.73 Å². The van der Waals surface area contributed by atoms with E-state index in [1.165, 1.54) is 41.5 Å². The van der Waals surface area contributed by atoms with Crippen molar-refractivity contribution in [3.05, 3.63) is 59.7 Å². The van der Waals surface area contributed by atoms with Crippen LogP contribution in [0.3, 0.4) is 0 Å². The zero-order valence-corrected chi connectivity index (χ0v) is 13.3. The van der Waals surface area contributed by atoms with Gasteiger partial charge in [0.15, 0.2) is 0 Å². The second-order valence-electron chi connectivity index (χ2n) is 5.87. The van der Waals surface area contributed by atoms with E-state index in [-0.39, 0.29) is 6.04 Å². The van der Waals surface area contributed by atoms with Crippen LogP contribution < -0.4 is 5.73 Å². The smallest absolute Gasteiger partial charge is 0.00766 e. The van der Waals surface area contributed by atoms with Crippen LogP contribution in [0.5, 0.6) is 0 Å². The highest BCUT2D eigenvalue weighted by Crippen LogP contribution is 2.21. The summed E-state index contributed by atoms with van der Waals surface area (Å²) in [6.07, 6.45) is 5.70. The number of hydrogen-bond acceptors (Lipinski definition) is 1. The largest absolute Gasteiger partial charge is 0.327 e. The van der Waals surface area contributed by atoms with Crippen LogP contribution in [0, 0.1) is 0 Å². The maximum absolute atomic E-state index is 6.01. The third kappa shape index (κ3) is 4.71. The summed E-state index contributed by atoms with van der Waals surface area (Å²) in [5.74, 6) is 0. The molecule has 0 aliphatic rings. The second-order valence-corrected chi connectivity index (χ2v) is 5.87. The van der Waals surface area contributed by atoms with Gasteiger partial charge in [-0.1, -0.05) is 68.8 Å². The van der Waals surface area contributed by atoms with Crippen LogP contribution in [-0.4, -0.2) is 6.04 Å². The van der Waals surface area contributed by atoms with Gasteiger partial charge in [-0.05, 0) is 47.9 Å². The van der Waals surface area contributed by atoms with Crippen LogP contribution in [0.2, 0.25) is 0 Å². The van der Waals surface area contributed by atoms with Gasteiger partial charge in [0.25, 0.3) is 0 Å². The molecule has 0 amide bonds. The van der Waals surface area contributed by atoms with E-state index in [1.54, 1.807) is 0 Å². The highest BCUT2D eigenvalue weighted by molar-refractivity contribution is 5.64. The first kappa shape index (κ1) is 15.8. The maximum Gasteiger partial charge on any atom is 0.00766 e. The Morgan fingerprint density at radius 1 is 0.810 bits per heavy atom. The molecule has 0 aliphatic carbocycles. The van der Waals surface area contributed by atoms with Gasteiger partial charge in [-0.2, -0.15) is 0 Å². The Bertz CT molecular complexity index is 525. The average Bonchev–Trinajstić information content (AvgIpc) is 2.54. The van der Waals surface area contributed by atoms with Gasteiger partial charge in [0.1, 0.15) is 0 Å². The van der Waals surface area contributed by atoms with Gasteiger partial charge in [0, 0.05) is 6.04 Å². The summed E-state index contributed by atoms with van der Waals surface area (Å²) in [5, 5.41) is 0. The number of unbranched alkanes of at least 4 members (excludes halogenated alkanes) is 1. The summed E-state index contributed by atoms with van der Waals surface area (Å²) in [5.41, 5.74) is 11.3. The van der Waals surface area contributed by atoms with Gasteiger partial charge in [-0.25, -0.2) is 0 Å². The summed E-state index contributed by atoms with van der Waals surface area (Å²) in [6, 6.07) is 18.1. The van der Waals surface area contributed by atoms with Crippen molar-refractivity contribution < 1.29 is 0 Å². The molecule has 2 aromatic carbocycles. The fourth-order valence-electron chi connectivity index (χ4n) is 2.53. The molecular weight excluding hydrogens is 254 g/mol. The lowest BCUT2D eigenvalue weighted by molar-refractivity contribution is 0.646. The minimum atomic E-state index is 0.272. The van der Waals surface area contributed by atoms with Crippen molar-refractivity contribution in [2.75, 3.05) is 0 Å². The molecule has 0 aliphatic heterocycles. The predicted molar refractivity (Wildman–Crippen MR) is 92.5 cm³/mol. The minimum absolute atomic E-state index is 0.272. The van der Waals surface area contributed by atoms with Crippen LogP contribution in [0.1, 0.15) is 44.2 Å². The van der Waals surface area contributed by atoms with Crippen LogP contribution in [0.25, 0.3) is 11.1 Å². The van der Waals surface area contributed by atoms with Gasteiger partial charge in [-0.15, -0.1) is 0 Å². The molecule has 21 heavy (non-hydrogen) atoms. The third-order valence-corrected chi connectivity index (χ3v) is 4.08. The molecule has 2 aromatic rings. The SMILES string of the molecule is CCCCc1ccc(-c2ccc(CC(N)CC)cc2)cc1. The summed E-state index contributed by atoms with van der Waals surface area (Å²) < 4.78 is 0. The van der Waals surface area contributed by atoms with Crippen molar-refractivity contribution in [1.29, 1.82) is 0 Å². The van der Waals surface area contributed by atoms with Crippen molar-refractivity contribution in [2.45, 2.75) is 52.0 Å². The molecule has 1 unspecified atom stereocenters. The maximum atomic E-state index is 6.01. The molecule has 0 bridgehead atoms. The average molecular weight is 281 g/mol. The molecule has 1 atom stereocenters. The Morgan fingerprint density at radius 3 is 1.81 bits per heavy atom. The van der Waals surface area contributed by atoms with Crippen LogP contribution in [-0.2, 0) is 12.8 Å². The van der Waals surface area contributed by atoms with Crippen LogP contribution >= 0.6 is 0 Å². The van der Waals surface area contributed by atoms with Crippen molar-refractivity contribution in [3.63, 3.8) is 0 Å². The minimum Gasteiger partial charge on any atom is -0.327 e. The molecule has 0 aromatic heterocycles. The molecule has 112 valence electrons. The molecule has 0 radical (unpaired) electrons. The van der Waals surface area contributed by atoms with E-state index >= 15 is 0 Å². The van der Waals surface area contributed by atoms with E-state index in [9.17, 15) is 0 Å². The zero-order chi connectivity index (χ0) is 15.1. The standard InChI is InChI=1S/C20H27N/c1-3-5-6-16-7-11-18(12-8-16)19-13-9-17(10-14-19)15-20(21)4-2/h7-14,20H,3-6,15,21H2,1-2H3. The lowest BCUT2D eigenvalue weighted by atomic mass is 9.98. The lowest BCUT2D eigenvalue weighted by Gasteiger charge is -2.09. The monoisotopic (exact) mass is 281 g/mol. The number of aryl methyl sites for hydroxylation is 1. The third-order valence-electron chi connectivity index (χ3n) is 4.08. The number of hydrogen-bond donors (Lipinski definition) is 1. The van der Waals surface area contributed by atoms with Crippen molar-refractivity contribution in [1.82, 2.24) is 0 Å². The van der Waals surface area contributed by atoms with Gasteiger partial charge in [0.2, 0.25) is 0 Å². The molecule has 0 saturated heterocycles. The molecule has 0 spiro atoms. The molecular formula is C20H27N. The number of benzene rings is 2. The summed E-state index contributed by atoms with van der Waals surface area (Å²) in [6.45, 7) is 4.37. The van der Waals surface area contributed by atoms with Crippen LogP contribution in [0.4, 0.5) is 0 Å². The van der Waals surface area contributed by atoms with Gasteiger partial charge >= 0.3 is 0 Å². The molecule has 0 heterocycles. The van der Waals surface area contributed by atoms with Gasteiger partial charge in [0.05, 0.1) is 0 Å². The normalized spacial score (nSPS) is 12.3. The number of rotatable bonds is 7. The fraction of sp³-hybridized carbons (Fsp3) is 0.400. The first-order valence-electron chi connectivity index (χ1n) is 8.16. The van der Waals surface area contributed by atoms with E-state index in [0.29, 0.717) is 0 Å². The van der Waals surface area contributed by atoms with Crippen molar-refractivity contribution >= 4 is 0 Å². The van der Waals surface area contributed by atoms with E-state index in [1.807, 2.05) is 0 Å². The van der Waals surface area contributed by atoms with E-state index in [0.717, 1.165) is 12.8 Å². The van der Waals surface area contributed by atoms with Crippen LogP contribution in [0.15, 0.2) is 48.5 Å². The summed E-state index contributed by atoms with van der Waals surface area (Å²) >= 11 is 0. The second kappa shape index (κ2) is 7.99. The Balaban J connectivity index is 2.04. The van der Waals surface area contributed by atoms with Crippen molar-refractivity contribution in [3.8, 4) is 11.1 Å². The Kier molecular flexibility index (Phi) is 6.01. The van der Waals surface area contributed by atoms with E-state index < -0.39 is 0 Å². The van der Waals surface area contributed by atoms with Gasteiger partial charge < -0.3 is 5.73 Å². The first-order chi connectivity index (χ1) is 10.2. The van der Waals surface area contributed by atoms with E-state index in [2.05, 4.69) is 62.4 Å². The fourth-order valence-corrected chi connectivity index (χ4v) is 2.53. The van der Waals surface area contributed by atoms with Gasteiger partial charge in [-0.3, -0.25) is 0 Å². The molecule has 0 fully saturated rings. The summed E-state index contributed by atoms with van der Waals surface area (Å²) in [4.78, 5) is 0. The Labute approximate surface area is 129 Å². The Hall–Kier alpha value is -1.60. The predicted octanol–water partition coefficient (Wildman–Crippen LogP) is 4.98. The van der Waals surface area contributed by atoms with E-state index in [4.69, 9.17) is 5.73 Å². The molecule has 0 saturated carbocycles. The molecule has 1 heteroatoms. The zero-order valence-electron chi connectivity index (χ0n) is 13.3. The number of nitrogens with two attached hydrogens (primary N) is 1. The quantitative estimate of drug-likeness (QED) is 0.761. The first-order valence-corrected chi connectivity index (χ1v) is 8.16. The lowest BCUT2D eigenvalue weighted by Crippen LogP contribution is -2.21. The molecule has 2 N–H and O–H groups in total. The topological polar surface area (TPSA) is 26.0 Å². The molecule has 1 nitrogen and oxygen atoms in total. The Morgan fingerprint density at radius 2 is 1.33 bits per heavy atom. The molecule has 2 rings (SSSR count).